The maximum atomic E-state index is 12.4. The maximum absolute atomic E-state index is 12.4. The molecule has 0 atom stereocenters. The predicted molar refractivity (Wildman–Crippen MR) is 137 cm³/mol. The lowest BCUT2D eigenvalue weighted by atomic mass is 10.2. The summed E-state index contributed by atoms with van der Waals surface area (Å²) in [6.07, 6.45) is 0. The van der Waals surface area contributed by atoms with Crippen LogP contribution in [0.1, 0.15) is 11.1 Å². The normalized spacial score (nSPS) is 11.5. The van der Waals surface area contributed by atoms with Crippen LogP contribution in [0.2, 0.25) is 0 Å². The van der Waals surface area contributed by atoms with Gasteiger partial charge in [-0.25, -0.2) is 18.1 Å². The number of benzene rings is 3. The highest BCUT2D eigenvalue weighted by Gasteiger charge is 2.16. The van der Waals surface area contributed by atoms with Crippen molar-refractivity contribution in [2.45, 2.75) is 21.9 Å². The Morgan fingerprint density at radius 1 is 1.09 bits per heavy atom. The summed E-state index contributed by atoms with van der Waals surface area (Å²) < 4.78 is 34.3. The van der Waals surface area contributed by atoms with Gasteiger partial charge < -0.3 is 10.1 Å². The summed E-state index contributed by atoms with van der Waals surface area (Å²) in [5, 5.41) is 2.74. The van der Waals surface area contributed by atoms with Gasteiger partial charge in [-0.15, -0.1) is 11.3 Å². The summed E-state index contributed by atoms with van der Waals surface area (Å²) >= 11 is 3.16. The first-order chi connectivity index (χ1) is 16.3. The van der Waals surface area contributed by atoms with E-state index >= 15 is 0 Å². The molecule has 176 valence electrons. The van der Waals surface area contributed by atoms with E-state index in [1.807, 2.05) is 43.3 Å². The molecule has 0 spiro atoms. The number of para-hydroxylation sites is 1. The number of rotatable bonds is 9. The molecule has 0 bridgehead atoms. The number of thioether (sulfide) groups is 1. The van der Waals surface area contributed by atoms with E-state index in [1.54, 1.807) is 37.1 Å². The van der Waals surface area contributed by atoms with Gasteiger partial charge in [0.25, 0.3) is 0 Å². The number of hydrogen-bond donors (Lipinski definition) is 2. The molecule has 34 heavy (non-hydrogen) atoms. The highest BCUT2D eigenvalue weighted by atomic mass is 32.2. The fourth-order valence-corrected chi connectivity index (χ4v) is 6.25. The van der Waals surface area contributed by atoms with Crippen LogP contribution in [0, 0.1) is 6.92 Å². The molecule has 0 aliphatic carbocycles. The molecule has 7 nitrogen and oxygen atoms in total. The number of hydrogen-bond acceptors (Lipinski definition) is 7. The number of thiazole rings is 1. The number of aromatic nitrogens is 1. The van der Waals surface area contributed by atoms with E-state index in [-0.39, 0.29) is 11.4 Å². The Labute approximate surface area is 206 Å². The van der Waals surface area contributed by atoms with Gasteiger partial charge in [-0.2, -0.15) is 0 Å². The lowest BCUT2D eigenvalue weighted by molar-refractivity contribution is -0.115. The zero-order valence-electron chi connectivity index (χ0n) is 18.6. The second-order valence-corrected chi connectivity index (χ2v) is 11.5. The molecule has 2 N–H and O–H groups in total. The number of sulfonamides is 1. The van der Waals surface area contributed by atoms with Crippen LogP contribution in [0.3, 0.4) is 0 Å². The molecule has 1 aromatic heterocycles. The highest BCUT2D eigenvalue weighted by Crippen LogP contribution is 2.34. The third kappa shape index (κ3) is 5.95. The number of carbonyl (C=O) groups is 1. The third-order valence-corrected chi connectivity index (χ3v) is 8.58. The van der Waals surface area contributed by atoms with E-state index in [2.05, 4.69) is 15.0 Å². The van der Waals surface area contributed by atoms with Gasteiger partial charge >= 0.3 is 0 Å². The first-order valence-corrected chi connectivity index (χ1v) is 13.6. The zero-order valence-corrected chi connectivity index (χ0v) is 21.0. The summed E-state index contributed by atoms with van der Waals surface area (Å²) in [6, 6.07) is 19.8. The second-order valence-electron chi connectivity index (χ2n) is 7.45. The van der Waals surface area contributed by atoms with Crippen molar-refractivity contribution in [3.63, 3.8) is 0 Å². The van der Waals surface area contributed by atoms with Crippen LogP contribution in [0.25, 0.3) is 10.2 Å². The molecule has 0 aliphatic heterocycles. The summed E-state index contributed by atoms with van der Waals surface area (Å²) in [5.74, 6) is 1.12. The maximum Gasteiger partial charge on any atom is 0.241 e. The number of amides is 1. The van der Waals surface area contributed by atoms with Gasteiger partial charge in [0.15, 0.2) is 4.34 Å². The van der Waals surface area contributed by atoms with Crippen molar-refractivity contribution in [1.82, 2.24) is 9.71 Å². The third-order valence-electron chi connectivity index (χ3n) is 4.95. The number of anilines is 1. The molecule has 0 unspecified atom stereocenters. The number of nitrogens with zero attached hydrogens (tertiary/aromatic N) is 1. The molecule has 1 amide bonds. The molecule has 0 saturated carbocycles. The van der Waals surface area contributed by atoms with E-state index in [4.69, 9.17) is 4.74 Å². The van der Waals surface area contributed by atoms with Crippen LogP contribution >= 0.6 is 23.1 Å². The highest BCUT2D eigenvalue weighted by molar-refractivity contribution is 8.00. The average Bonchev–Trinajstić information content (AvgIpc) is 3.24. The molecule has 4 rings (SSSR count). The smallest absolute Gasteiger partial charge is 0.241 e. The second kappa shape index (κ2) is 10.6. The van der Waals surface area contributed by atoms with Gasteiger partial charge in [0, 0.05) is 17.0 Å². The van der Waals surface area contributed by atoms with E-state index in [9.17, 15) is 13.2 Å². The number of carbonyl (C=O) groups excluding carboxylic acids is 1. The number of methoxy groups -OCH3 is 1. The predicted octanol–water partition coefficient (Wildman–Crippen LogP) is 4.82. The van der Waals surface area contributed by atoms with Crippen LogP contribution < -0.4 is 14.8 Å². The first-order valence-electron chi connectivity index (χ1n) is 10.4. The Hall–Kier alpha value is -2.92. The quantitative estimate of drug-likeness (QED) is 0.311. The van der Waals surface area contributed by atoms with Gasteiger partial charge in [0.2, 0.25) is 15.9 Å². The zero-order chi connectivity index (χ0) is 24.1. The molecule has 4 aromatic rings. The Morgan fingerprint density at radius 2 is 1.85 bits per heavy atom. The van der Waals surface area contributed by atoms with Gasteiger partial charge in [-0.1, -0.05) is 47.7 Å². The monoisotopic (exact) mass is 513 g/mol. The molecule has 0 aliphatic rings. The minimum absolute atomic E-state index is 0.120. The molecule has 3 aromatic carbocycles. The van der Waals surface area contributed by atoms with Crippen molar-refractivity contribution in [3.8, 4) is 5.75 Å². The van der Waals surface area contributed by atoms with Crippen molar-refractivity contribution in [1.29, 1.82) is 0 Å². The standard InChI is InChI=1S/C24H23N3O4S3/c1-16-7-10-19(11-8-16)34(29,30)25-14-23(28)26-18-9-12-20-22(13-18)33-24(27-20)32-15-17-5-3-4-6-21(17)31-2/h3-13,25H,14-15H2,1-2H3,(H,26,28). The van der Waals surface area contributed by atoms with Crippen LogP contribution in [0.5, 0.6) is 5.75 Å². The number of nitrogens with one attached hydrogen (secondary N) is 2. The molecular weight excluding hydrogens is 490 g/mol. The Kier molecular flexibility index (Phi) is 7.52. The van der Waals surface area contributed by atoms with Crippen molar-refractivity contribution in [2.24, 2.45) is 0 Å². The van der Waals surface area contributed by atoms with Crippen LogP contribution in [-0.2, 0) is 20.6 Å². The van der Waals surface area contributed by atoms with Crippen molar-refractivity contribution < 1.29 is 17.9 Å². The molecule has 1 heterocycles. The Morgan fingerprint density at radius 3 is 2.62 bits per heavy atom. The number of aryl methyl sites for hydroxylation is 1. The molecule has 10 heteroatoms. The fraction of sp³-hybridized carbons (Fsp3) is 0.167. The van der Waals surface area contributed by atoms with E-state index in [1.165, 1.54) is 23.5 Å². The lowest BCUT2D eigenvalue weighted by Gasteiger charge is -2.08. The lowest BCUT2D eigenvalue weighted by Crippen LogP contribution is -2.32. The van der Waals surface area contributed by atoms with Gasteiger partial charge in [-0.3, -0.25) is 4.79 Å². The van der Waals surface area contributed by atoms with Crippen molar-refractivity contribution in [3.05, 3.63) is 77.9 Å². The molecule has 0 saturated heterocycles. The van der Waals surface area contributed by atoms with Crippen LogP contribution in [0.15, 0.2) is 76.0 Å². The fourth-order valence-electron chi connectivity index (χ4n) is 3.17. The summed E-state index contributed by atoms with van der Waals surface area (Å²) in [4.78, 5) is 17.1. The molecule has 0 radical (unpaired) electrons. The van der Waals surface area contributed by atoms with Gasteiger partial charge in [0.05, 0.1) is 28.8 Å². The van der Waals surface area contributed by atoms with Crippen LogP contribution in [0.4, 0.5) is 5.69 Å². The number of fused-ring (bicyclic) bond motifs is 1. The number of ether oxygens (including phenoxy) is 1. The molecular formula is C24H23N3O4S3. The summed E-state index contributed by atoms with van der Waals surface area (Å²) in [5.41, 5.74) is 3.47. The van der Waals surface area contributed by atoms with Gasteiger partial charge in [-0.05, 0) is 43.3 Å². The van der Waals surface area contributed by atoms with E-state index in [0.717, 1.165) is 37.2 Å². The van der Waals surface area contributed by atoms with E-state index < -0.39 is 15.9 Å². The van der Waals surface area contributed by atoms with Crippen molar-refractivity contribution >= 4 is 54.9 Å². The minimum atomic E-state index is -3.76. The minimum Gasteiger partial charge on any atom is -0.496 e. The largest absolute Gasteiger partial charge is 0.496 e. The Bertz CT molecular complexity index is 1420. The van der Waals surface area contributed by atoms with Gasteiger partial charge in [0.1, 0.15) is 5.75 Å². The SMILES string of the molecule is COc1ccccc1CSc1nc2ccc(NC(=O)CNS(=O)(=O)c3ccc(C)cc3)cc2s1. The van der Waals surface area contributed by atoms with Crippen molar-refractivity contribution in [2.75, 3.05) is 19.0 Å². The summed E-state index contributed by atoms with van der Waals surface area (Å²) in [6.45, 7) is 1.51. The van der Waals surface area contributed by atoms with E-state index in [0.29, 0.717) is 5.69 Å². The molecule has 0 fully saturated rings. The summed E-state index contributed by atoms with van der Waals surface area (Å²) in [7, 11) is -2.10. The first kappa shape index (κ1) is 24.2. The van der Waals surface area contributed by atoms with Crippen LogP contribution in [-0.4, -0.2) is 33.0 Å². The topological polar surface area (TPSA) is 97.4 Å². The average molecular weight is 514 g/mol. The Balaban J connectivity index is 1.37.